The van der Waals surface area contributed by atoms with E-state index in [9.17, 15) is 4.79 Å². The number of nitrogens with zero attached hydrogens (tertiary/aromatic N) is 1. The Labute approximate surface area is 115 Å². The Hall–Kier alpha value is -1.07. The van der Waals surface area contributed by atoms with Gasteiger partial charge >= 0.3 is 6.09 Å². The predicted octanol–water partition coefficient (Wildman–Crippen LogP) is 2.82. The summed E-state index contributed by atoms with van der Waals surface area (Å²) in [6.45, 7) is 3.24. The maximum Gasteiger partial charge on any atom is 0.414 e. The van der Waals surface area contributed by atoms with Gasteiger partial charge < -0.3 is 10.5 Å². The van der Waals surface area contributed by atoms with E-state index in [0.717, 1.165) is 28.6 Å². The summed E-state index contributed by atoms with van der Waals surface area (Å²) < 4.78 is 6.35. The highest BCUT2D eigenvalue weighted by molar-refractivity contribution is 9.10. The number of benzene rings is 1. The van der Waals surface area contributed by atoms with Crippen molar-refractivity contribution in [3.05, 3.63) is 28.2 Å². The van der Waals surface area contributed by atoms with E-state index in [-0.39, 0.29) is 12.2 Å². The zero-order valence-corrected chi connectivity index (χ0v) is 11.9. The van der Waals surface area contributed by atoms with Gasteiger partial charge in [-0.15, -0.1) is 0 Å². The molecule has 0 spiro atoms. The van der Waals surface area contributed by atoms with E-state index in [1.54, 1.807) is 4.90 Å². The summed E-state index contributed by atoms with van der Waals surface area (Å²) in [6, 6.07) is 5.86. The molecular weight excluding hydrogens is 296 g/mol. The smallest absolute Gasteiger partial charge is 0.414 e. The number of anilines is 1. The van der Waals surface area contributed by atoms with Crippen LogP contribution in [0.1, 0.15) is 18.4 Å². The van der Waals surface area contributed by atoms with Crippen LogP contribution in [0.25, 0.3) is 0 Å². The predicted molar refractivity (Wildman–Crippen MR) is 74.8 cm³/mol. The van der Waals surface area contributed by atoms with Crippen LogP contribution in [-0.2, 0) is 4.74 Å². The first-order valence-electron chi connectivity index (χ1n) is 6.06. The summed E-state index contributed by atoms with van der Waals surface area (Å²) >= 11 is 3.47. The Morgan fingerprint density at radius 3 is 2.94 bits per heavy atom. The normalized spacial score (nSPS) is 19.8. The highest BCUT2D eigenvalue weighted by Gasteiger charge is 2.27. The summed E-state index contributed by atoms with van der Waals surface area (Å²) in [4.78, 5) is 13.6. The van der Waals surface area contributed by atoms with Crippen LogP contribution < -0.4 is 10.6 Å². The van der Waals surface area contributed by atoms with Crippen molar-refractivity contribution in [3.8, 4) is 0 Å². The number of carbonyl (C=O) groups is 1. The number of nitrogens with two attached hydrogens (primary N) is 1. The van der Waals surface area contributed by atoms with Crippen molar-refractivity contribution in [2.75, 3.05) is 18.0 Å². The van der Waals surface area contributed by atoms with Gasteiger partial charge in [-0.05, 0) is 37.6 Å². The molecule has 18 heavy (non-hydrogen) atoms. The minimum Gasteiger partial charge on any atom is -0.446 e. The average molecular weight is 313 g/mol. The Morgan fingerprint density at radius 1 is 1.56 bits per heavy atom. The molecule has 0 aromatic heterocycles. The number of ether oxygens (including phenoxy) is 1. The lowest BCUT2D eigenvalue weighted by atomic mass is 10.1. The van der Waals surface area contributed by atoms with E-state index < -0.39 is 0 Å². The first kappa shape index (κ1) is 13.4. The Morgan fingerprint density at radius 2 is 2.33 bits per heavy atom. The third-order valence-electron chi connectivity index (χ3n) is 3.12. The third kappa shape index (κ3) is 2.84. The molecule has 0 aliphatic carbocycles. The average Bonchev–Trinajstić information content (AvgIpc) is 2.34. The lowest BCUT2D eigenvalue weighted by Gasteiger charge is -2.31. The molecule has 1 atom stereocenters. The van der Waals surface area contributed by atoms with Crippen LogP contribution in [-0.4, -0.2) is 25.3 Å². The molecule has 1 aliphatic rings. The van der Waals surface area contributed by atoms with Gasteiger partial charge in [0, 0.05) is 23.1 Å². The molecule has 0 radical (unpaired) electrons. The number of hydrogen-bond donors (Lipinski definition) is 1. The van der Waals surface area contributed by atoms with Gasteiger partial charge in [-0.2, -0.15) is 0 Å². The van der Waals surface area contributed by atoms with E-state index in [1.807, 2.05) is 25.1 Å². The van der Waals surface area contributed by atoms with Gasteiger partial charge in [0.15, 0.2) is 0 Å². The quantitative estimate of drug-likeness (QED) is 0.933. The topological polar surface area (TPSA) is 55.6 Å². The number of halogens is 1. The molecule has 1 amide bonds. The summed E-state index contributed by atoms with van der Waals surface area (Å²) in [6.07, 6.45) is 1.24. The maximum absolute atomic E-state index is 11.9. The van der Waals surface area contributed by atoms with Crippen molar-refractivity contribution >= 4 is 27.7 Å². The SMILES string of the molecule is Cc1ccc(N2CCC(CCN)OC2=O)cc1Br. The van der Waals surface area contributed by atoms with E-state index >= 15 is 0 Å². The van der Waals surface area contributed by atoms with Crippen molar-refractivity contribution in [2.24, 2.45) is 5.73 Å². The summed E-state index contributed by atoms with van der Waals surface area (Å²) in [5.74, 6) is 0. The van der Waals surface area contributed by atoms with Gasteiger partial charge in [-0.3, -0.25) is 4.90 Å². The number of cyclic esters (lactones) is 1. The van der Waals surface area contributed by atoms with Crippen LogP contribution in [0, 0.1) is 6.92 Å². The van der Waals surface area contributed by atoms with Gasteiger partial charge in [0.1, 0.15) is 6.10 Å². The third-order valence-corrected chi connectivity index (χ3v) is 3.97. The first-order valence-corrected chi connectivity index (χ1v) is 6.85. The van der Waals surface area contributed by atoms with E-state index in [0.29, 0.717) is 13.1 Å². The molecule has 1 saturated heterocycles. The fraction of sp³-hybridized carbons (Fsp3) is 0.462. The zero-order chi connectivity index (χ0) is 13.1. The number of aryl methyl sites for hydroxylation is 1. The first-order chi connectivity index (χ1) is 8.61. The zero-order valence-electron chi connectivity index (χ0n) is 10.4. The van der Waals surface area contributed by atoms with Crippen LogP contribution in [0.5, 0.6) is 0 Å². The molecule has 1 heterocycles. The molecule has 1 aliphatic heterocycles. The minimum atomic E-state index is -0.282. The van der Waals surface area contributed by atoms with E-state index in [4.69, 9.17) is 10.5 Å². The molecule has 98 valence electrons. The standard InChI is InChI=1S/C13H17BrN2O2/c1-9-2-3-10(8-12(9)14)16-7-5-11(4-6-15)18-13(16)17/h2-3,8,11H,4-7,15H2,1H3. The molecule has 2 N–H and O–H groups in total. The second kappa shape index (κ2) is 5.71. The Kier molecular flexibility index (Phi) is 4.24. The van der Waals surface area contributed by atoms with Gasteiger partial charge in [-0.1, -0.05) is 22.0 Å². The molecular formula is C13H17BrN2O2. The monoisotopic (exact) mass is 312 g/mol. The van der Waals surface area contributed by atoms with Crippen LogP contribution in [0.4, 0.5) is 10.5 Å². The Balaban J connectivity index is 2.10. The molecule has 0 bridgehead atoms. The Bertz CT molecular complexity index is 451. The van der Waals surface area contributed by atoms with Gasteiger partial charge in [0.05, 0.1) is 0 Å². The molecule has 4 nitrogen and oxygen atoms in total. The molecule has 1 fully saturated rings. The van der Waals surface area contributed by atoms with E-state index in [1.165, 1.54) is 0 Å². The van der Waals surface area contributed by atoms with Crippen LogP contribution >= 0.6 is 15.9 Å². The summed E-state index contributed by atoms with van der Waals surface area (Å²) in [5.41, 5.74) is 7.48. The van der Waals surface area contributed by atoms with Crippen molar-refractivity contribution in [1.29, 1.82) is 0 Å². The van der Waals surface area contributed by atoms with Crippen molar-refractivity contribution in [3.63, 3.8) is 0 Å². The number of rotatable bonds is 3. The molecule has 1 unspecified atom stereocenters. The number of amides is 1. The lowest BCUT2D eigenvalue weighted by molar-refractivity contribution is 0.0807. The van der Waals surface area contributed by atoms with Crippen LogP contribution in [0.3, 0.4) is 0 Å². The van der Waals surface area contributed by atoms with E-state index in [2.05, 4.69) is 15.9 Å². The highest BCUT2D eigenvalue weighted by Crippen LogP contribution is 2.27. The fourth-order valence-electron chi connectivity index (χ4n) is 2.00. The van der Waals surface area contributed by atoms with Gasteiger partial charge in [-0.25, -0.2) is 4.79 Å². The minimum absolute atomic E-state index is 0.0346. The summed E-state index contributed by atoms with van der Waals surface area (Å²) in [7, 11) is 0. The van der Waals surface area contributed by atoms with Crippen molar-refractivity contribution < 1.29 is 9.53 Å². The fourth-order valence-corrected chi connectivity index (χ4v) is 2.37. The van der Waals surface area contributed by atoms with Crippen LogP contribution in [0.15, 0.2) is 22.7 Å². The molecule has 1 aromatic carbocycles. The maximum atomic E-state index is 11.9. The van der Waals surface area contributed by atoms with Gasteiger partial charge in [0.2, 0.25) is 0 Å². The molecule has 5 heteroatoms. The molecule has 1 aromatic rings. The molecule has 2 rings (SSSR count). The van der Waals surface area contributed by atoms with Crippen molar-refractivity contribution in [2.45, 2.75) is 25.9 Å². The second-order valence-electron chi connectivity index (χ2n) is 4.46. The molecule has 0 saturated carbocycles. The largest absolute Gasteiger partial charge is 0.446 e. The highest BCUT2D eigenvalue weighted by atomic mass is 79.9. The lowest BCUT2D eigenvalue weighted by Crippen LogP contribution is -2.42. The number of hydrogen-bond acceptors (Lipinski definition) is 3. The summed E-state index contributed by atoms with van der Waals surface area (Å²) in [5, 5.41) is 0. The number of carbonyl (C=O) groups excluding carboxylic acids is 1. The van der Waals surface area contributed by atoms with Crippen LogP contribution in [0.2, 0.25) is 0 Å². The second-order valence-corrected chi connectivity index (χ2v) is 5.31. The van der Waals surface area contributed by atoms with Crippen molar-refractivity contribution in [1.82, 2.24) is 0 Å². The van der Waals surface area contributed by atoms with Gasteiger partial charge in [0.25, 0.3) is 0 Å².